The summed E-state index contributed by atoms with van der Waals surface area (Å²) in [6.07, 6.45) is -5.74. The predicted octanol–water partition coefficient (Wildman–Crippen LogP) is 5.46. The first kappa shape index (κ1) is 43.8. The second-order valence-electron chi connectivity index (χ2n) is 14.5. The van der Waals surface area contributed by atoms with Crippen molar-refractivity contribution in [3.8, 4) is 11.1 Å². The lowest BCUT2D eigenvalue weighted by molar-refractivity contribution is -0.142. The number of carboxylic acid groups (broad SMARTS) is 1. The summed E-state index contributed by atoms with van der Waals surface area (Å²) in [6, 6.07) is 24.8. The fraction of sp³-hybridized carbons (Fsp3) is 0.244. The topological polar surface area (TPSA) is 183 Å². The van der Waals surface area contributed by atoms with Crippen LogP contribution in [0.2, 0.25) is 0 Å². The molecule has 0 radical (unpaired) electrons. The van der Waals surface area contributed by atoms with E-state index in [4.69, 9.17) is 0 Å². The molecule has 4 aromatic carbocycles. The molecule has 16 heteroatoms. The first-order valence-electron chi connectivity index (χ1n) is 19.3. The van der Waals surface area contributed by atoms with Gasteiger partial charge in [0.2, 0.25) is 29.5 Å². The van der Waals surface area contributed by atoms with E-state index in [1.54, 1.807) is 41.8 Å². The monoisotopic (exact) mass is 853 g/mol. The van der Waals surface area contributed by atoms with E-state index in [-0.39, 0.29) is 44.1 Å². The molecule has 316 valence electrons. The van der Waals surface area contributed by atoms with Gasteiger partial charge in [-0.25, -0.2) is 4.79 Å². The fourth-order valence-corrected chi connectivity index (χ4v) is 7.47. The number of hydrogen-bond acceptors (Lipinski definition) is 7. The Morgan fingerprint density at radius 2 is 1.15 bits per heavy atom. The summed E-state index contributed by atoms with van der Waals surface area (Å²) >= 11 is 1.34. The molecule has 0 spiro atoms. The predicted molar refractivity (Wildman–Crippen MR) is 222 cm³/mol. The van der Waals surface area contributed by atoms with Gasteiger partial charge in [0.15, 0.2) is 0 Å². The van der Waals surface area contributed by atoms with E-state index >= 15 is 0 Å². The van der Waals surface area contributed by atoms with Crippen LogP contribution in [0, 0.1) is 0 Å². The molecule has 5 aromatic rings. The Bertz CT molecular complexity index is 2320. The molecule has 1 aromatic heterocycles. The number of thiophene rings is 1. The Hall–Kier alpha value is -6.81. The fourth-order valence-electron chi connectivity index (χ4n) is 6.72. The molecule has 61 heavy (non-hydrogen) atoms. The minimum absolute atomic E-state index is 0.0451. The summed E-state index contributed by atoms with van der Waals surface area (Å²) in [7, 11) is 0. The van der Waals surface area contributed by atoms with Gasteiger partial charge in [-0.05, 0) is 63.5 Å². The number of carbonyl (C=O) groups is 6. The van der Waals surface area contributed by atoms with Crippen molar-refractivity contribution in [2.24, 2.45) is 0 Å². The Morgan fingerprint density at radius 1 is 0.607 bits per heavy atom. The summed E-state index contributed by atoms with van der Waals surface area (Å²) in [4.78, 5) is 81.9. The van der Waals surface area contributed by atoms with E-state index in [1.165, 1.54) is 23.5 Å². The molecule has 6 N–H and O–H groups in total. The number of aliphatic carboxylic acids is 1. The quantitative estimate of drug-likeness (QED) is 0.112. The zero-order valence-electron chi connectivity index (χ0n) is 32.5. The lowest BCUT2D eigenvalue weighted by Crippen LogP contribution is -2.59. The summed E-state index contributed by atoms with van der Waals surface area (Å²) in [5.74, 6) is -5.04. The van der Waals surface area contributed by atoms with Gasteiger partial charge < -0.3 is 31.7 Å². The van der Waals surface area contributed by atoms with Crippen molar-refractivity contribution in [2.75, 3.05) is 5.32 Å². The molecule has 2 aliphatic rings. The second-order valence-corrected chi connectivity index (χ2v) is 15.6. The van der Waals surface area contributed by atoms with Crippen molar-refractivity contribution < 1.29 is 47.0 Å². The molecule has 0 saturated carbocycles. The lowest BCUT2D eigenvalue weighted by atomic mass is 9.98. The Labute approximate surface area is 353 Å². The highest BCUT2D eigenvalue weighted by atomic mass is 32.1. The average molecular weight is 854 g/mol. The SMILES string of the molecule is O=C1CCC(=O)NC(Cc2cccs2)C(=O)NC(Cc2ccc(-c3ccccc3)cc2)C(=O)NC(Cc2ccc(C(F)(F)F)cc2)C(=O)NC(C(=O)O)Cc2ccc(cc2)N1. The standard InChI is InChI=1S/C45H42F3N5O7S/c46-45(47,48)32-16-10-28(11-17-32)24-36-42(57)53-38(44(59)60)25-29-12-18-33(19-13-29)49-39(54)20-21-40(55)50-37(26-34-7-4-22-61-34)43(58)52-35(41(56)51-36)23-27-8-14-31(15-9-27)30-5-2-1-3-6-30/h1-19,22,35-38H,20-21,23-26H2,(H,49,54)(H,50,55)(H,51,56)(H,52,58)(H,53,57)(H,59,60). The van der Waals surface area contributed by atoms with Crippen molar-refractivity contribution in [3.05, 3.63) is 148 Å². The Kier molecular flexibility index (Phi) is 14.3. The molecule has 7 rings (SSSR count). The zero-order chi connectivity index (χ0) is 43.5. The highest BCUT2D eigenvalue weighted by Crippen LogP contribution is 2.29. The van der Waals surface area contributed by atoms with Gasteiger partial charge in [-0.2, -0.15) is 13.2 Å². The largest absolute Gasteiger partial charge is 0.480 e. The highest BCUT2D eigenvalue weighted by Gasteiger charge is 2.33. The number of rotatable bonds is 8. The highest BCUT2D eigenvalue weighted by molar-refractivity contribution is 7.09. The smallest absolute Gasteiger partial charge is 0.416 e. The van der Waals surface area contributed by atoms with Crippen LogP contribution in [-0.4, -0.2) is 64.8 Å². The maximum atomic E-state index is 14.4. The van der Waals surface area contributed by atoms with E-state index in [2.05, 4.69) is 26.6 Å². The number of nitrogens with one attached hydrogen (secondary N) is 5. The molecule has 4 atom stereocenters. The first-order chi connectivity index (χ1) is 29.2. The van der Waals surface area contributed by atoms with Crippen LogP contribution in [0.3, 0.4) is 0 Å². The summed E-state index contributed by atoms with van der Waals surface area (Å²) < 4.78 is 40.3. The molecule has 3 heterocycles. The minimum atomic E-state index is -4.63. The van der Waals surface area contributed by atoms with Crippen molar-refractivity contribution in [3.63, 3.8) is 0 Å². The van der Waals surface area contributed by atoms with Gasteiger partial charge in [0.1, 0.15) is 24.2 Å². The second kappa shape index (κ2) is 20.0. The minimum Gasteiger partial charge on any atom is -0.480 e. The maximum absolute atomic E-state index is 14.4. The number of anilines is 1. The number of hydrogen-bond donors (Lipinski definition) is 6. The van der Waals surface area contributed by atoms with Crippen molar-refractivity contribution >= 4 is 52.5 Å². The number of carbonyl (C=O) groups excluding carboxylic acids is 5. The molecule has 4 unspecified atom stereocenters. The van der Waals surface area contributed by atoms with Gasteiger partial charge in [0.05, 0.1) is 5.56 Å². The molecule has 5 amide bonds. The molecular weight excluding hydrogens is 812 g/mol. The first-order valence-corrected chi connectivity index (χ1v) is 20.2. The van der Waals surface area contributed by atoms with Crippen molar-refractivity contribution in [1.82, 2.24) is 21.3 Å². The average Bonchev–Trinajstić information content (AvgIpc) is 3.76. The number of carboxylic acids is 1. The van der Waals surface area contributed by atoms with Gasteiger partial charge in [-0.15, -0.1) is 11.3 Å². The normalized spacial score (nSPS) is 19.7. The third kappa shape index (κ3) is 12.6. The van der Waals surface area contributed by atoms with Crippen LogP contribution in [0.25, 0.3) is 11.1 Å². The van der Waals surface area contributed by atoms with E-state index in [0.29, 0.717) is 16.8 Å². The molecular formula is C45H42F3N5O7S. The van der Waals surface area contributed by atoms with E-state index < -0.39 is 71.4 Å². The summed E-state index contributed by atoms with van der Waals surface area (Å²) in [6.45, 7) is 0. The van der Waals surface area contributed by atoms with Gasteiger partial charge in [-0.1, -0.05) is 84.9 Å². The molecule has 0 saturated heterocycles. The van der Waals surface area contributed by atoms with Gasteiger partial charge in [-0.3, -0.25) is 24.0 Å². The van der Waals surface area contributed by atoms with Crippen LogP contribution in [0.1, 0.15) is 40.0 Å². The summed E-state index contributed by atoms with van der Waals surface area (Å²) in [5.41, 5.74) is 2.56. The van der Waals surface area contributed by atoms with E-state index in [1.807, 2.05) is 42.5 Å². The van der Waals surface area contributed by atoms with Crippen LogP contribution in [0.4, 0.5) is 18.9 Å². The molecule has 12 nitrogen and oxygen atoms in total. The van der Waals surface area contributed by atoms with Gasteiger partial charge in [0.25, 0.3) is 0 Å². The van der Waals surface area contributed by atoms with E-state index in [9.17, 15) is 47.0 Å². The van der Waals surface area contributed by atoms with Crippen LogP contribution in [0.15, 0.2) is 121 Å². The maximum Gasteiger partial charge on any atom is 0.416 e. The zero-order valence-corrected chi connectivity index (χ0v) is 33.4. The van der Waals surface area contributed by atoms with Gasteiger partial charge in [0, 0.05) is 49.1 Å². The number of fused-ring (bicyclic) bond motifs is 18. The number of alkyl halides is 3. The van der Waals surface area contributed by atoms with Crippen LogP contribution >= 0.6 is 11.3 Å². The van der Waals surface area contributed by atoms with Crippen LogP contribution in [-0.2, 0) is 60.6 Å². The van der Waals surface area contributed by atoms with E-state index in [0.717, 1.165) is 40.3 Å². The Balaban J connectivity index is 1.36. The number of benzene rings is 4. The Morgan fingerprint density at radius 3 is 1.70 bits per heavy atom. The van der Waals surface area contributed by atoms with Crippen molar-refractivity contribution in [1.29, 1.82) is 0 Å². The molecule has 0 aliphatic carbocycles. The van der Waals surface area contributed by atoms with Crippen molar-refractivity contribution in [2.45, 2.75) is 68.9 Å². The third-order valence-corrected chi connectivity index (χ3v) is 10.9. The van der Waals surface area contributed by atoms with Crippen LogP contribution in [0.5, 0.6) is 0 Å². The third-order valence-electron chi connectivity index (χ3n) is 10.00. The number of halogens is 3. The lowest BCUT2D eigenvalue weighted by Gasteiger charge is -2.26. The molecule has 2 aliphatic heterocycles. The summed E-state index contributed by atoms with van der Waals surface area (Å²) in [5, 5.41) is 25.2. The van der Waals surface area contributed by atoms with Crippen LogP contribution < -0.4 is 26.6 Å². The van der Waals surface area contributed by atoms with Gasteiger partial charge >= 0.3 is 12.1 Å². The number of amides is 5. The molecule has 0 fully saturated rings. The molecule has 2 bridgehead atoms.